The standard InChI is InChI=1S/C12H15FN2O3S/c13-11-7-10(19(14,17)18)1-2-12(11)15-5-3-9(8-16)4-6-15/h1-2,7-9H,3-6H2,(H2,14,17,18). The number of aldehydes is 1. The van der Waals surface area contributed by atoms with Gasteiger partial charge < -0.3 is 9.69 Å². The van der Waals surface area contributed by atoms with Gasteiger partial charge in [-0.1, -0.05) is 0 Å². The first-order valence-electron chi connectivity index (χ1n) is 5.94. The van der Waals surface area contributed by atoms with E-state index in [1.165, 1.54) is 12.1 Å². The minimum Gasteiger partial charge on any atom is -0.369 e. The highest BCUT2D eigenvalue weighted by molar-refractivity contribution is 7.89. The third-order valence-electron chi connectivity index (χ3n) is 3.32. The maximum Gasteiger partial charge on any atom is 0.238 e. The molecule has 0 spiro atoms. The maximum atomic E-state index is 13.9. The zero-order valence-corrected chi connectivity index (χ0v) is 11.1. The zero-order chi connectivity index (χ0) is 14.0. The van der Waals surface area contributed by atoms with Gasteiger partial charge in [0.05, 0.1) is 10.6 Å². The second-order valence-electron chi connectivity index (χ2n) is 4.62. The summed E-state index contributed by atoms with van der Waals surface area (Å²) in [5.74, 6) is -0.584. The Bertz CT molecular complexity index is 581. The molecular weight excluding hydrogens is 271 g/mol. The van der Waals surface area contributed by atoms with Gasteiger partial charge in [0.2, 0.25) is 10.0 Å². The average Bonchev–Trinajstić information content (AvgIpc) is 2.38. The van der Waals surface area contributed by atoms with Gasteiger partial charge in [0, 0.05) is 19.0 Å². The second-order valence-corrected chi connectivity index (χ2v) is 6.18. The van der Waals surface area contributed by atoms with Gasteiger partial charge in [0.15, 0.2) is 0 Å². The molecule has 0 bridgehead atoms. The van der Waals surface area contributed by atoms with Crippen molar-refractivity contribution in [3.8, 4) is 0 Å². The van der Waals surface area contributed by atoms with Crippen molar-refractivity contribution in [1.29, 1.82) is 0 Å². The van der Waals surface area contributed by atoms with Gasteiger partial charge in [0.25, 0.3) is 0 Å². The van der Waals surface area contributed by atoms with E-state index in [0.717, 1.165) is 12.4 Å². The highest BCUT2D eigenvalue weighted by Gasteiger charge is 2.21. The molecule has 2 N–H and O–H groups in total. The number of benzene rings is 1. The summed E-state index contributed by atoms with van der Waals surface area (Å²) in [5, 5.41) is 4.94. The van der Waals surface area contributed by atoms with E-state index in [2.05, 4.69) is 0 Å². The van der Waals surface area contributed by atoms with Crippen LogP contribution in [0.5, 0.6) is 0 Å². The van der Waals surface area contributed by atoms with Gasteiger partial charge in [-0.25, -0.2) is 17.9 Å². The molecule has 0 unspecified atom stereocenters. The lowest BCUT2D eigenvalue weighted by Gasteiger charge is -2.31. The van der Waals surface area contributed by atoms with E-state index in [1.54, 1.807) is 0 Å². The van der Waals surface area contributed by atoms with Gasteiger partial charge in [0.1, 0.15) is 12.1 Å². The molecule has 5 nitrogen and oxygen atoms in total. The summed E-state index contributed by atoms with van der Waals surface area (Å²) in [5.41, 5.74) is 0.344. The minimum atomic E-state index is -3.89. The Kier molecular flexibility index (Phi) is 3.86. The molecule has 0 aromatic heterocycles. The number of nitrogens with zero attached hydrogens (tertiary/aromatic N) is 1. The van der Waals surface area contributed by atoms with Crippen molar-refractivity contribution < 1.29 is 17.6 Å². The largest absolute Gasteiger partial charge is 0.369 e. The van der Waals surface area contributed by atoms with Crippen molar-refractivity contribution in [3.63, 3.8) is 0 Å². The molecule has 1 aliphatic heterocycles. The molecule has 0 saturated carbocycles. The fraction of sp³-hybridized carbons (Fsp3) is 0.417. The van der Waals surface area contributed by atoms with Crippen molar-refractivity contribution in [2.45, 2.75) is 17.7 Å². The number of carbonyl (C=O) groups excluding carboxylic acids is 1. The van der Waals surface area contributed by atoms with Gasteiger partial charge in [-0.05, 0) is 31.0 Å². The highest BCUT2D eigenvalue weighted by Crippen LogP contribution is 2.26. The molecule has 1 heterocycles. The van der Waals surface area contributed by atoms with E-state index in [-0.39, 0.29) is 10.8 Å². The van der Waals surface area contributed by atoms with Crippen LogP contribution in [-0.4, -0.2) is 27.8 Å². The number of carbonyl (C=O) groups is 1. The lowest BCUT2D eigenvalue weighted by molar-refractivity contribution is -0.111. The van der Waals surface area contributed by atoms with Crippen LogP contribution in [0.2, 0.25) is 0 Å². The Balaban J connectivity index is 2.21. The smallest absolute Gasteiger partial charge is 0.238 e. The number of piperidine rings is 1. The summed E-state index contributed by atoms with van der Waals surface area (Å²) in [6.45, 7) is 1.16. The number of hydrogen-bond acceptors (Lipinski definition) is 4. The normalized spacial score (nSPS) is 17.5. The number of nitrogens with two attached hydrogens (primary N) is 1. The molecule has 1 saturated heterocycles. The SMILES string of the molecule is NS(=O)(=O)c1ccc(N2CCC(C=O)CC2)c(F)c1. The van der Waals surface area contributed by atoms with Crippen molar-refractivity contribution >= 4 is 22.0 Å². The van der Waals surface area contributed by atoms with Gasteiger partial charge in [-0.2, -0.15) is 0 Å². The maximum absolute atomic E-state index is 13.9. The summed E-state index contributed by atoms with van der Waals surface area (Å²) < 4.78 is 36.1. The summed E-state index contributed by atoms with van der Waals surface area (Å²) in [4.78, 5) is 12.2. The molecule has 1 fully saturated rings. The lowest BCUT2D eigenvalue weighted by Crippen LogP contribution is -2.34. The van der Waals surface area contributed by atoms with Crippen LogP contribution in [0.3, 0.4) is 0 Å². The van der Waals surface area contributed by atoms with Crippen LogP contribution in [0.1, 0.15) is 12.8 Å². The summed E-state index contributed by atoms with van der Waals surface area (Å²) >= 11 is 0. The molecule has 1 aromatic rings. The Morgan fingerprint density at radius 2 is 1.95 bits per heavy atom. The van der Waals surface area contributed by atoms with E-state index in [1.807, 2.05) is 4.90 Å². The summed E-state index contributed by atoms with van der Waals surface area (Å²) in [7, 11) is -3.89. The van der Waals surface area contributed by atoms with Crippen molar-refractivity contribution in [1.82, 2.24) is 0 Å². The topological polar surface area (TPSA) is 80.5 Å². The predicted molar refractivity (Wildman–Crippen MR) is 68.8 cm³/mol. The summed E-state index contributed by atoms with van der Waals surface area (Å²) in [6.07, 6.45) is 2.29. The Morgan fingerprint density at radius 3 is 2.42 bits per heavy atom. The Hall–Kier alpha value is -1.47. The fourth-order valence-electron chi connectivity index (χ4n) is 2.20. The predicted octanol–water partition coefficient (Wildman–Crippen LogP) is 0.888. The monoisotopic (exact) mass is 286 g/mol. The van der Waals surface area contributed by atoms with E-state index < -0.39 is 15.8 Å². The number of hydrogen-bond donors (Lipinski definition) is 1. The molecule has 0 aliphatic carbocycles. The Labute approximate surface area is 111 Å². The molecule has 0 atom stereocenters. The van der Waals surface area contributed by atoms with Crippen LogP contribution < -0.4 is 10.0 Å². The third-order valence-corrected chi connectivity index (χ3v) is 4.23. The average molecular weight is 286 g/mol. The van der Waals surface area contributed by atoms with Crippen LogP contribution in [0.15, 0.2) is 23.1 Å². The quantitative estimate of drug-likeness (QED) is 0.837. The zero-order valence-electron chi connectivity index (χ0n) is 10.3. The lowest BCUT2D eigenvalue weighted by atomic mass is 9.98. The minimum absolute atomic E-state index is 0.0306. The van der Waals surface area contributed by atoms with Crippen LogP contribution >= 0.6 is 0 Å². The first-order chi connectivity index (χ1) is 8.91. The van der Waals surface area contributed by atoms with Gasteiger partial charge >= 0.3 is 0 Å². The van der Waals surface area contributed by atoms with E-state index >= 15 is 0 Å². The van der Waals surface area contributed by atoms with Gasteiger partial charge in [-0.15, -0.1) is 0 Å². The van der Waals surface area contributed by atoms with Gasteiger partial charge in [-0.3, -0.25) is 0 Å². The van der Waals surface area contributed by atoms with Crippen LogP contribution in [0.4, 0.5) is 10.1 Å². The number of primary sulfonamides is 1. The third kappa shape index (κ3) is 3.10. The second kappa shape index (κ2) is 5.26. The van der Waals surface area contributed by atoms with E-state index in [9.17, 15) is 17.6 Å². The first kappa shape index (κ1) is 14.0. The van der Waals surface area contributed by atoms with E-state index in [4.69, 9.17) is 5.14 Å². The molecule has 0 amide bonds. The number of sulfonamides is 1. The first-order valence-corrected chi connectivity index (χ1v) is 7.49. The van der Waals surface area contributed by atoms with Crippen LogP contribution in [0.25, 0.3) is 0 Å². The molecule has 1 aliphatic rings. The molecule has 19 heavy (non-hydrogen) atoms. The van der Waals surface area contributed by atoms with Crippen LogP contribution in [-0.2, 0) is 14.8 Å². The van der Waals surface area contributed by atoms with Crippen molar-refractivity contribution in [2.24, 2.45) is 11.1 Å². The Morgan fingerprint density at radius 1 is 1.32 bits per heavy atom. The molecular formula is C12H15FN2O3S. The fourth-order valence-corrected chi connectivity index (χ4v) is 2.72. The highest BCUT2D eigenvalue weighted by atomic mass is 32.2. The number of halogens is 1. The molecule has 104 valence electrons. The number of anilines is 1. The van der Waals surface area contributed by atoms with Crippen molar-refractivity contribution in [3.05, 3.63) is 24.0 Å². The molecule has 2 rings (SSSR count). The molecule has 1 aromatic carbocycles. The summed E-state index contributed by atoms with van der Waals surface area (Å²) in [6, 6.07) is 3.63. The van der Waals surface area contributed by atoms with Crippen molar-refractivity contribution in [2.75, 3.05) is 18.0 Å². The molecule has 0 radical (unpaired) electrons. The number of rotatable bonds is 3. The van der Waals surface area contributed by atoms with Crippen LogP contribution in [0, 0.1) is 11.7 Å². The molecule has 7 heteroatoms. The van der Waals surface area contributed by atoms with E-state index in [0.29, 0.717) is 31.6 Å².